The standard InChI is InChI=1S/C14H17ClN2O3/c1-8(2)20-13-5-4-9(6-10(13)15)12(17-3)7-11(16)14(18)19/h4-8H,16H2,1-3H3,(H,18,19). The highest BCUT2D eigenvalue weighted by Crippen LogP contribution is 2.26. The Bertz CT molecular complexity index is 566. The minimum Gasteiger partial charge on any atom is -0.489 e. The number of carboxylic acid groups (broad SMARTS) is 1. The molecule has 0 aliphatic carbocycles. The quantitative estimate of drug-likeness (QED) is 0.646. The van der Waals surface area contributed by atoms with E-state index in [1.54, 1.807) is 25.2 Å². The lowest BCUT2D eigenvalue weighted by atomic mass is 10.1. The van der Waals surface area contributed by atoms with E-state index in [4.69, 9.17) is 27.2 Å². The number of benzene rings is 1. The van der Waals surface area contributed by atoms with Gasteiger partial charge in [-0.3, -0.25) is 4.99 Å². The van der Waals surface area contributed by atoms with E-state index in [1.807, 2.05) is 13.8 Å². The Kier molecular flexibility index (Phi) is 5.58. The number of halogens is 1. The van der Waals surface area contributed by atoms with Gasteiger partial charge in [0, 0.05) is 12.6 Å². The van der Waals surface area contributed by atoms with Gasteiger partial charge in [0.2, 0.25) is 0 Å². The minimum absolute atomic E-state index is 0.0141. The number of carboxylic acids is 1. The molecule has 6 heteroatoms. The van der Waals surface area contributed by atoms with Crippen LogP contribution in [0.4, 0.5) is 0 Å². The Labute approximate surface area is 122 Å². The summed E-state index contributed by atoms with van der Waals surface area (Å²) in [6.07, 6.45) is 1.30. The fraction of sp³-hybridized carbons (Fsp3) is 0.286. The molecule has 0 aliphatic rings. The smallest absolute Gasteiger partial charge is 0.351 e. The van der Waals surface area contributed by atoms with E-state index in [1.165, 1.54) is 6.08 Å². The number of aliphatic imine (C=N–C) groups is 1. The number of hydrogen-bond donors (Lipinski definition) is 2. The molecule has 0 unspecified atom stereocenters. The summed E-state index contributed by atoms with van der Waals surface area (Å²) in [6.45, 7) is 3.80. The van der Waals surface area contributed by atoms with Crippen molar-refractivity contribution in [3.05, 3.63) is 40.6 Å². The van der Waals surface area contributed by atoms with Crippen LogP contribution in [-0.2, 0) is 4.79 Å². The van der Waals surface area contributed by atoms with E-state index in [-0.39, 0.29) is 11.8 Å². The molecule has 0 radical (unpaired) electrons. The third kappa shape index (κ3) is 4.28. The molecule has 0 amide bonds. The first-order chi connectivity index (χ1) is 9.35. The maximum absolute atomic E-state index is 10.7. The van der Waals surface area contributed by atoms with Crippen molar-refractivity contribution in [2.45, 2.75) is 20.0 Å². The van der Waals surface area contributed by atoms with E-state index < -0.39 is 5.97 Å². The molecule has 20 heavy (non-hydrogen) atoms. The van der Waals surface area contributed by atoms with Gasteiger partial charge in [-0.1, -0.05) is 11.6 Å². The molecule has 1 aromatic rings. The summed E-state index contributed by atoms with van der Waals surface area (Å²) in [7, 11) is 1.55. The van der Waals surface area contributed by atoms with E-state index in [0.717, 1.165) is 0 Å². The van der Waals surface area contributed by atoms with Crippen LogP contribution in [0.2, 0.25) is 5.02 Å². The van der Waals surface area contributed by atoms with Crippen molar-refractivity contribution in [1.29, 1.82) is 0 Å². The van der Waals surface area contributed by atoms with Crippen LogP contribution in [0.3, 0.4) is 0 Å². The highest BCUT2D eigenvalue weighted by atomic mass is 35.5. The summed E-state index contributed by atoms with van der Waals surface area (Å²) < 4.78 is 5.53. The van der Waals surface area contributed by atoms with Crippen molar-refractivity contribution < 1.29 is 14.6 Å². The summed E-state index contributed by atoms with van der Waals surface area (Å²) in [5.74, 6) is -0.631. The van der Waals surface area contributed by atoms with Crippen molar-refractivity contribution in [1.82, 2.24) is 0 Å². The third-order valence-electron chi connectivity index (χ3n) is 2.37. The van der Waals surface area contributed by atoms with E-state index in [0.29, 0.717) is 22.0 Å². The first-order valence-corrected chi connectivity index (χ1v) is 6.36. The van der Waals surface area contributed by atoms with Crippen LogP contribution in [-0.4, -0.2) is 29.9 Å². The van der Waals surface area contributed by atoms with E-state index in [9.17, 15) is 4.79 Å². The van der Waals surface area contributed by atoms with Crippen LogP contribution < -0.4 is 10.5 Å². The van der Waals surface area contributed by atoms with Crippen LogP contribution in [0.1, 0.15) is 19.4 Å². The lowest BCUT2D eigenvalue weighted by molar-refractivity contribution is -0.132. The number of ether oxygens (including phenoxy) is 1. The molecular weight excluding hydrogens is 280 g/mol. The van der Waals surface area contributed by atoms with Gasteiger partial charge in [0.1, 0.15) is 11.4 Å². The second kappa shape index (κ2) is 6.96. The number of rotatable bonds is 5. The Balaban J connectivity index is 3.11. The first-order valence-electron chi connectivity index (χ1n) is 5.99. The van der Waals surface area contributed by atoms with Crippen LogP contribution >= 0.6 is 11.6 Å². The molecule has 108 valence electrons. The molecule has 3 N–H and O–H groups in total. The molecule has 0 aliphatic heterocycles. The van der Waals surface area contributed by atoms with Gasteiger partial charge in [-0.05, 0) is 38.1 Å². The summed E-state index contributed by atoms with van der Waals surface area (Å²) in [5.41, 5.74) is 6.20. The van der Waals surface area contributed by atoms with Gasteiger partial charge in [0.25, 0.3) is 0 Å². The van der Waals surface area contributed by atoms with E-state index >= 15 is 0 Å². The minimum atomic E-state index is -1.20. The Morgan fingerprint density at radius 1 is 1.50 bits per heavy atom. The summed E-state index contributed by atoms with van der Waals surface area (Å²) in [5, 5.41) is 9.21. The number of aliphatic carboxylic acids is 1. The largest absolute Gasteiger partial charge is 0.489 e. The first kappa shape index (κ1) is 16.0. The van der Waals surface area contributed by atoms with Gasteiger partial charge in [-0.2, -0.15) is 0 Å². The number of hydrogen-bond acceptors (Lipinski definition) is 4. The molecule has 0 spiro atoms. The number of nitrogens with zero attached hydrogens (tertiary/aromatic N) is 1. The fourth-order valence-corrected chi connectivity index (χ4v) is 1.72. The molecule has 0 saturated carbocycles. The summed E-state index contributed by atoms with van der Waals surface area (Å²) >= 11 is 6.13. The van der Waals surface area contributed by atoms with Gasteiger partial charge in [0.15, 0.2) is 0 Å². The maximum atomic E-state index is 10.7. The molecule has 0 bridgehead atoms. The number of carbonyl (C=O) groups is 1. The summed E-state index contributed by atoms with van der Waals surface area (Å²) in [4.78, 5) is 14.7. The maximum Gasteiger partial charge on any atom is 0.351 e. The second-order valence-corrected chi connectivity index (χ2v) is 4.73. The zero-order chi connectivity index (χ0) is 15.3. The number of allylic oxidation sites excluding steroid dienone is 1. The predicted octanol–water partition coefficient (Wildman–Crippen LogP) is 2.47. The van der Waals surface area contributed by atoms with Gasteiger partial charge >= 0.3 is 5.97 Å². The monoisotopic (exact) mass is 296 g/mol. The van der Waals surface area contributed by atoms with Crippen LogP contribution in [0.25, 0.3) is 0 Å². The van der Waals surface area contributed by atoms with Gasteiger partial charge in [0.05, 0.1) is 16.8 Å². The average Bonchev–Trinajstić information content (AvgIpc) is 2.37. The molecule has 5 nitrogen and oxygen atoms in total. The van der Waals surface area contributed by atoms with Crippen molar-refractivity contribution in [2.75, 3.05) is 7.05 Å². The lowest BCUT2D eigenvalue weighted by Gasteiger charge is -2.12. The molecule has 1 rings (SSSR count). The van der Waals surface area contributed by atoms with Crippen molar-refractivity contribution in [3.8, 4) is 5.75 Å². The van der Waals surface area contributed by atoms with Crippen molar-refractivity contribution in [3.63, 3.8) is 0 Å². The third-order valence-corrected chi connectivity index (χ3v) is 2.67. The average molecular weight is 297 g/mol. The molecule has 0 aromatic heterocycles. The van der Waals surface area contributed by atoms with Crippen LogP contribution in [0.15, 0.2) is 35.0 Å². The second-order valence-electron chi connectivity index (χ2n) is 4.33. The zero-order valence-corrected chi connectivity index (χ0v) is 12.3. The zero-order valence-electron chi connectivity index (χ0n) is 11.6. The SMILES string of the molecule is CN=C(C=C(N)C(=O)O)c1ccc(OC(C)C)c(Cl)c1. The highest BCUT2D eigenvalue weighted by Gasteiger charge is 2.09. The molecule has 0 saturated heterocycles. The Hall–Kier alpha value is -2.01. The fourth-order valence-electron chi connectivity index (χ4n) is 1.50. The number of nitrogens with two attached hydrogens (primary N) is 1. The van der Waals surface area contributed by atoms with Gasteiger partial charge in [-0.15, -0.1) is 0 Å². The molecule has 1 aromatic carbocycles. The highest BCUT2D eigenvalue weighted by molar-refractivity contribution is 6.32. The van der Waals surface area contributed by atoms with Crippen LogP contribution in [0, 0.1) is 0 Å². The van der Waals surface area contributed by atoms with Crippen LogP contribution in [0.5, 0.6) is 5.75 Å². The lowest BCUT2D eigenvalue weighted by Crippen LogP contribution is -2.13. The Morgan fingerprint density at radius 2 is 2.15 bits per heavy atom. The topological polar surface area (TPSA) is 84.9 Å². The van der Waals surface area contributed by atoms with Gasteiger partial charge in [-0.25, -0.2) is 4.79 Å². The predicted molar refractivity (Wildman–Crippen MR) is 79.6 cm³/mol. The van der Waals surface area contributed by atoms with E-state index in [2.05, 4.69) is 4.99 Å². The normalized spacial score (nSPS) is 12.7. The molecule has 0 heterocycles. The molecular formula is C14H17ClN2O3. The summed E-state index contributed by atoms with van der Waals surface area (Å²) in [6, 6.07) is 5.12. The van der Waals surface area contributed by atoms with Crippen molar-refractivity contribution in [2.24, 2.45) is 10.7 Å². The van der Waals surface area contributed by atoms with Crippen molar-refractivity contribution >= 4 is 23.3 Å². The molecule has 0 atom stereocenters. The van der Waals surface area contributed by atoms with Gasteiger partial charge < -0.3 is 15.6 Å². The molecule has 0 fully saturated rings. The Morgan fingerprint density at radius 3 is 2.60 bits per heavy atom.